The Morgan fingerprint density at radius 1 is 1.23 bits per heavy atom. The van der Waals surface area contributed by atoms with Gasteiger partial charge in [-0.1, -0.05) is 12.1 Å². The van der Waals surface area contributed by atoms with Crippen LogP contribution in [0, 0.1) is 11.7 Å². The lowest BCUT2D eigenvalue weighted by atomic mass is 9.96. The maximum Gasteiger partial charge on any atom is 0.223 e. The lowest BCUT2D eigenvalue weighted by Gasteiger charge is -2.32. The summed E-state index contributed by atoms with van der Waals surface area (Å²) in [5.41, 5.74) is 0.451. The highest BCUT2D eigenvalue weighted by Crippen LogP contribution is 2.25. The molecule has 1 aliphatic heterocycles. The van der Waals surface area contributed by atoms with Gasteiger partial charge in [-0.15, -0.1) is 12.4 Å². The molecule has 1 aromatic carbocycles. The zero-order chi connectivity index (χ0) is 17.6. The molecular formula is C20H26ClFN2O2. The third-order valence-corrected chi connectivity index (χ3v) is 4.85. The molecule has 0 saturated carbocycles. The molecular weight excluding hydrogens is 355 g/mol. The molecule has 1 N–H and O–H groups in total. The van der Waals surface area contributed by atoms with Gasteiger partial charge in [-0.3, -0.25) is 4.79 Å². The summed E-state index contributed by atoms with van der Waals surface area (Å²) in [6, 6.07) is 10.1. The van der Waals surface area contributed by atoms with Crippen molar-refractivity contribution < 1.29 is 13.6 Å². The number of amides is 1. The smallest absolute Gasteiger partial charge is 0.223 e. The Hall–Kier alpha value is -1.85. The minimum absolute atomic E-state index is 0. The summed E-state index contributed by atoms with van der Waals surface area (Å²) in [6.45, 7) is 2.70. The Morgan fingerprint density at radius 3 is 2.65 bits per heavy atom. The van der Waals surface area contributed by atoms with Gasteiger partial charge in [-0.2, -0.15) is 0 Å². The number of aryl methyl sites for hydroxylation is 1. The van der Waals surface area contributed by atoms with Gasteiger partial charge in [0.15, 0.2) is 0 Å². The Morgan fingerprint density at radius 2 is 1.96 bits per heavy atom. The van der Waals surface area contributed by atoms with E-state index in [1.165, 1.54) is 6.07 Å². The van der Waals surface area contributed by atoms with Crippen molar-refractivity contribution in [3.05, 3.63) is 48.0 Å². The zero-order valence-electron chi connectivity index (χ0n) is 15.0. The van der Waals surface area contributed by atoms with Crippen molar-refractivity contribution in [2.24, 2.45) is 5.92 Å². The van der Waals surface area contributed by atoms with Crippen molar-refractivity contribution in [3.8, 4) is 11.3 Å². The average molecular weight is 381 g/mol. The number of carbonyl (C=O) groups excluding carboxylic acids is 1. The normalized spacial score (nSPS) is 14.9. The molecule has 1 aliphatic rings. The zero-order valence-corrected chi connectivity index (χ0v) is 15.9. The second-order valence-electron chi connectivity index (χ2n) is 6.63. The fourth-order valence-electron chi connectivity index (χ4n) is 3.38. The molecule has 0 aliphatic carbocycles. The number of piperidine rings is 1. The topological polar surface area (TPSA) is 45.5 Å². The van der Waals surface area contributed by atoms with Crippen LogP contribution in [-0.4, -0.2) is 37.5 Å². The van der Waals surface area contributed by atoms with Gasteiger partial charge in [-0.05, 0) is 56.6 Å². The van der Waals surface area contributed by atoms with Crippen LogP contribution >= 0.6 is 12.4 Å². The average Bonchev–Trinajstić information content (AvgIpc) is 3.10. The summed E-state index contributed by atoms with van der Waals surface area (Å²) in [5, 5.41) is 3.21. The molecule has 0 spiro atoms. The number of benzene rings is 1. The second kappa shape index (κ2) is 9.74. The molecule has 26 heavy (non-hydrogen) atoms. The Kier molecular flexibility index (Phi) is 7.66. The van der Waals surface area contributed by atoms with Crippen LogP contribution < -0.4 is 5.32 Å². The Labute approximate surface area is 160 Å². The number of nitrogens with one attached hydrogen (secondary N) is 1. The van der Waals surface area contributed by atoms with E-state index in [1.54, 1.807) is 24.3 Å². The summed E-state index contributed by atoms with van der Waals surface area (Å²) in [7, 11) is 1.97. The standard InChI is InChI=1S/C20H25FN2O2.ClH/c1-22-14-15-10-12-23(13-11-15)20(24)9-7-16-6-8-19(25-16)17-4-2-3-5-18(17)21;/h2-6,8,15,22H,7,9-14H2,1H3;1H. The van der Waals surface area contributed by atoms with E-state index in [0.717, 1.165) is 38.2 Å². The third-order valence-electron chi connectivity index (χ3n) is 4.85. The van der Waals surface area contributed by atoms with Crippen molar-refractivity contribution >= 4 is 18.3 Å². The van der Waals surface area contributed by atoms with Gasteiger partial charge < -0.3 is 14.6 Å². The lowest BCUT2D eigenvalue weighted by molar-refractivity contribution is -0.132. The van der Waals surface area contributed by atoms with E-state index in [9.17, 15) is 9.18 Å². The fourth-order valence-corrected chi connectivity index (χ4v) is 3.38. The van der Waals surface area contributed by atoms with Gasteiger partial charge in [0, 0.05) is 25.9 Å². The molecule has 1 aromatic heterocycles. The van der Waals surface area contributed by atoms with E-state index in [2.05, 4.69) is 5.32 Å². The van der Waals surface area contributed by atoms with Crippen LogP contribution in [0.3, 0.4) is 0 Å². The highest BCUT2D eigenvalue weighted by Gasteiger charge is 2.22. The van der Waals surface area contributed by atoms with Crippen molar-refractivity contribution in [1.29, 1.82) is 0 Å². The van der Waals surface area contributed by atoms with E-state index in [4.69, 9.17) is 4.42 Å². The Balaban J connectivity index is 0.00000243. The SMILES string of the molecule is CNCC1CCN(C(=O)CCc2ccc(-c3ccccc3F)o2)CC1.Cl. The minimum atomic E-state index is -0.302. The molecule has 6 heteroatoms. The molecule has 1 amide bonds. The Bertz CT molecular complexity index is 711. The number of furan rings is 1. The van der Waals surface area contributed by atoms with Crippen LogP contribution in [0.15, 0.2) is 40.8 Å². The first-order chi connectivity index (χ1) is 12.2. The van der Waals surface area contributed by atoms with Crippen LogP contribution in [0.1, 0.15) is 25.0 Å². The maximum absolute atomic E-state index is 13.8. The summed E-state index contributed by atoms with van der Waals surface area (Å²) in [6.07, 6.45) is 3.10. The molecule has 0 bridgehead atoms. The van der Waals surface area contributed by atoms with Gasteiger partial charge in [0.1, 0.15) is 17.3 Å². The molecule has 3 rings (SSSR count). The van der Waals surface area contributed by atoms with E-state index >= 15 is 0 Å². The molecule has 0 unspecified atom stereocenters. The number of hydrogen-bond donors (Lipinski definition) is 1. The fraction of sp³-hybridized carbons (Fsp3) is 0.450. The van der Waals surface area contributed by atoms with Gasteiger partial charge in [0.2, 0.25) is 5.91 Å². The highest BCUT2D eigenvalue weighted by atomic mass is 35.5. The molecule has 0 atom stereocenters. The molecule has 2 aromatic rings. The van der Waals surface area contributed by atoms with Crippen molar-refractivity contribution in [1.82, 2.24) is 10.2 Å². The summed E-state index contributed by atoms with van der Waals surface area (Å²) >= 11 is 0. The van der Waals surface area contributed by atoms with Crippen LogP contribution in [0.4, 0.5) is 4.39 Å². The van der Waals surface area contributed by atoms with Crippen LogP contribution in [0.25, 0.3) is 11.3 Å². The monoisotopic (exact) mass is 380 g/mol. The first kappa shape index (κ1) is 20.5. The summed E-state index contributed by atoms with van der Waals surface area (Å²) in [4.78, 5) is 14.3. The molecule has 1 fully saturated rings. The molecule has 4 nitrogen and oxygen atoms in total. The number of hydrogen-bond acceptors (Lipinski definition) is 3. The van der Waals surface area contributed by atoms with Crippen molar-refractivity contribution in [2.45, 2.75) is 25.7 Å². The molecule has 0 radical (unpaired) electrons. The van der Waals surface area contributed by atoms with Gasteiger partial charge in [-0.25, -0.2) is 4.39 Å². The van der Waals surface area contributed by atoms with E-state index in [-0.39, 0.29) is 24.1 Å². The van der Waals surface area contributed by atoms with Crippen molar-refractivity contribution in [2.75, 3.05) is 26.7 Å². The summed E-state index contributed by atoms with van der Waals surface area (Å²) in [5.74, 6) is 1.77. The van der Waals surface area contributed by atoms with Crippen molar-refractivity contribution in [3.63, 3.8) is 0 Å². The predicted molar refractivity (Wildman–Crippen MR) is 103 cm³/mol. The van der Waals surface area contributed by atoms with Crippen LogP contribution in [0.5, 0.6) is 0 Å². The predicted octanol–water partition coefficient (Wildman–Crippen LogP) is 3.90. The lowest BCUT2D eigenvalue weighted by Crippen LogP contribution is -2.40. The first-order valence-corrected chi connectivity index (χ1v) is 8.93. The molecule has 1 saturated heterocycles. The molecule has 142 valence electrons. The number of halogens is 2. The van der Waals surface area contributed by atoms with E-state index < -0.39 is 0 Å². The van der Waals surface area contributed by atoms with E-state index in [1.807, 2.05) is 18.0 Å². The van der Waals surface area contributed by atoms with Gasteiger partial charge in [0.05, 0.1) is 5.56 Å². The number of likely N-dealkylation sites (tertiary alicyclic amines) is 1. The second-order valence-corrected chi connectivity index (χ2v) is 6.63. The highest BCUT2D eigenvalue weighted by molar-refractivity contribution is 5.85. The van der Waals surface area contributed by atoms with Gasteiger partial charge in [0.25, 0.3) is 0 Å². The van der Waals surface area contributed by atoms with Gasteiger partial charge >= 0.3 is 0 Å². The number of carbonyl (C=O) groups is 1. The minimum Gasteiger partial charge on any atom is -0.461 e. The maximum atomic E-state index is 13.8. The summed E-state index contributed by atoms with van der Waals surface area (Å²) < 4.78 is 19.5. The first-order valence-electron chi connectivity index (χ1n) is 8.93. The molecule has 2 heterocycles. The van der Waals surface area contributed by atoms with Crippen LogP contribution in [-0.2, 0) is 11.2 Å². The number of rotatable bonds is 6. The van der Waals surface area contributed by atoms with Crippen LogP contribution in [0.2, 0.25) is 0 Å². The third kappa shape index (κ3) is 5.08. The number of nitrogens with zero attached hydrogens (tertiary/aromatic N) is 1. The largest absolute Gasteiger partial charge is 0.461 e. The van der Waals surface area contributed by atoms with E-state index in [0.29, 0.717) is 30.1 Å². The quantitative estimate of drug-likeness (QED) is 0.826.